The van der Waals surface area contributed by atoms with Crippen LogP contribution in [-0.4, -0.2) is 50.2 Å². The molecule has 172 valence electrons. The highest BCUT2D eigenvalue weighted by molar-refractivity contribution is 5.94. The van der Waals surface area contributed by atoms with E-state index in [1.54, 1.807) is 42.5 Å². The molecule has 5 rings (SSSR count). The average molecular weight is 461 g/mol. The Labute approximate surface area is 194 Å². The van der Waals surface area contributed by atoms with Gasteiger partial charge in [-0.25, -0.2) is 8.78 Å². The van der Waals surface area contributed by atoms with Gasteiger partial charge in [-0.3, -0.25) is 9.78 Å². The van der Waals surface area contributed by atoms with Crippen LogP contribution in [-0.2, 0) is 0 Å². The Kier molecular flexibility index (Phi) is 5.94. The second-order valence-corrected chi connectivity index (χ2v) is 8.02. The molecule has 0 radical (unpaired) electrons. The van der Waals surface area contributed by atoms with Crippen molar-refractivity contribution in [1.82, 2.24) is 30.5 Å². The van der Waals surface area contributed by atoms with E-state index >= 15 is 0 Å². The predicted octanol–water partition coefficient (Wildman–Crippen LogP) is 3.40. The van der Waals surface area contributed by atoms with Crippen LogP contribution in [0.25, 0.3) is 16.9 Å². The molecule has 0 unspecified atom stereocenters. The number of tetrazole rings is 1. The van der Waals surface area contributed by atoms with Gasteiger partial charge in [-0.2, -0.15) is 4.68 Å². The van der Waals surface area contributed by atoms with Crippen molar-refractivity contribution in [3.63, 3.8) is 0 Å². The summed E-state index contributed by atoms with van der Waals surface area (Å²) in [5, 5.41) is 14.8. The summed E-state index contributed by atoms with van der Waals surface area (Å²) < 4.78 is 29.0. The summed E-state index contributed by atoms with van der Waals surface area (Å²) in [5.74, 6) is -0.495. The maximum atomic E-state index is 14.2. The lowest BCUT2D eigenvalue weighted by Gasteiger charge is -2.32. The van der Waals surface area contributed by atoms with Crippen LogP contribution in [0.4, 0.5) is 14.7 Å². The summed E-state index contributed by atoms with van der Waals surface area (Å²) in [6.07, 6.45) is 2.86. The number of benzene rings is 2. The van der Waals surface area contributed by atoms with Gasteiger partial charge in [-0.1, -0.05) is 29.4 Å². The third kappa shape index (κ3) is 4.47. The fraction of sp³-hybridized carbons (Fsp3) is 0.208. The van der Waals surface area contributed by atoms with Crippen molar-refractivity contribution in [2.24, 2.45) is 0 Å². The van der Waals surface area contributed by atoms with Crippen LogP contribution in [0.1, 0.15) is 23.2 Å². The SMILES string of the molecule is O=C(NC1CCN(c2nnnn2-c2ccccc2F)CC1)c1ccc(-c2cccc(F)c2)nc1. The molecule has 1 aliphatic rings. The highest BCUT2D eigenvalue weighted by atomic mass is 19.1. The van der Waals surface area contributed by atoms with Gasteiger partial charge in [0.05, 0.1) is 11.3 Å². The van der Waals surface area contributed by atoms with Gasteiger partial charge >= 0.3 is 0 Å². The van der Waals surface area contributed by atoms with Crippen molar-refractivity contribution < 1.29 is 13.6 Å². The number of carbonyl (C=O) groups is 1. The molecule has 1 fully saturated rings. The first-order valence-electron chi connectivity index (χ1n) is 10.9. The van der Waals surface area contributed by atoms with E-state index in [9.17, 15) is 13.6 Å². The molecule has 8 nitrogen and oxygen atoms in total. The summed E-state index contributed by atoms with van der Waals surface area (Å²) >= 11 is 0. The van der Waals surface area contributed by atoms with Crippen LogP contribution in [0.3, 0.4) is 0 Å². The molecule has 1 aliphatic heterocycles. The lowest BCUT2D eigenvalue weighted by molar-refractivity contribution is 0.0930. The van der Waals surface area contributed by atoms with Gasteiger partial charge in [0.25, 0.3) is 5.91 Å². The second kappa shape index (κ2) is 9.34. The number of para-hydroxylation sites is 1. The molecule has 34 heavy (non-hydrogen) atoms. The van der Waals surface area contributed by atoms with Gasteiger partial charge in [0, 0.05) is 30.9 Å². The van der Waals surface area contributed by atoms with Gasteiger partial charge in [-0.15, -0.1) is 0 Å². The molecular weight excluding hydrogens is 440 g/mol. The van der Waals surface area contributed by atoms with E-state index in [1.807, 2.05) is 4.90 Å². The molecule has 0 aliphatic carbocycles. The molecule has 2 aromatic heterocycles. The van der Waals surface area contributed by atoms with Crippen LogP contribution < -0.4 is 10.2 Å². The molecular formula is C24H21F2N7O. The number of rotatable bonds is 5. The summed E-state index contributed by atoms with van der Waals surface area (Å²) in [6, 6.07) is 15.8. The zero-order valence-electron chi connectivity index (χ0n) is 18.1. The standard InChI is InChI=1S/C24H21F2N7O/c25-18-5-3-4-16(14-18)21-9-8-17(15-27-21)23(34)28-19-10-12-32(13-11-19)24-29-30-31-33(24)22-7-2-1-6-20(22)26/h1-9,14-15,19H,10-13H2,(H,28,34). The van der Waals surface area contributed by atoms with E-state index in [2.05, 4.69) is 25.8 Å². The minimum atomic E-state index is -0.407. The number of piperidine rings is 1. The van der Waals surface area contributed by atoms with Crippen molar-refractivity contribution in [3.05, 3.63) is 84.1 Å². The van der Waals surface area contributed by atoms with E-state index in [0.29, 0.717) is 48.7 Å². The number of anilines is 1. The highest BCUT2D eigenvalue weighted by Crippen LogP contribution is 2.22. The molecule has 1 N–H and O–H groups in total. The first kappa shape index (κ1) is 21.6. The summed E-state index contributed by atoms with van der Waals surface area (Å²) in [7, 11) is 0. The Bertz CT molecular complexity index is 1300. The van der Waals surface area contributed by atoms with Crippen LogP contribution in [0.2, 0.25) is 0 Å². The molecule has 3 heterocycles. The summed E-state index contributed by atoms with van der Waals surface area (Å²) in [6.45, 7) is 1.22. The lowest BCUT2D eigenvalue weighted by Crippen LogP contribution is -2.45. The summed E-state index contributed by atoms with van der Waals surface area (Å²) in [5.41, 5.74) is 1.96. The number of amides is 1. The number of aromatic nitrogens is 5. The van der Waals surface area contributed by atoms with E-state index in [4.69, 9.17) is 0 Å². The van der Waals surface area contributed by atoms with Crippen LogP contribution >= 0.6 is 0 Å². The van der Waals surface area contributed by atoms with Crippen molar-refractivity contribution >= 4 is 11.9 Å². The number of hydrogen-bond donors (Lipinski definition) is 1. The van der Waals surface area contributed by atoms with Crippen molar-refractivity contribution in [3.8, 4) is 16.9 Å². The minimum Gasteiger partial charge on any atom is -0.349 e. The average Bonchev–Trinajstić information content (AvgIpc) is 3.34. The van der Waals surface area contributed by atoms with Crippen molar-refractivity contribution in [1.29, 1.82) is 0 Å². The Balaban J connectivity index is 1.20. The Hall–Kier alpha value is -4.21. The normalized spacial score (nSPS) is 14.2. The third-order valence-corrected chi connectivity index (χ3v) is 5.79. The van der Waals surface area contributed by atoms with Crippen molar-refractivity contribution in [2.75, 3.05) is 18.0 Å². The van der Waals surface area contributed by atoms with Crippen molar-refractivity contribution in [2.45, 2.75) is 18.9 Å². The number of halogens is 2. The first-order chi connectivity index (χ1) is 16.6. The number of hydrogen-bond acceptors (Lipinski definition) is 6. The smallest absolute Gasteiger partial charge is 0.253 e. The maximum Gasteiger partial charge on any atom is 0.253 e. The van der Waals surface area contributed by atoms with Gasteiger partial charge in [-0.05, 0) is 59.7 Å². The minimum absolute atomic E-state index is 0.0237. The Morgan fingerprint density at radius 2 is 1.82 bits per heavy atom. The molecule has 10 heteroatoms. The number of pyridine rings is 1. The topological polar surface area (TPSA) is 88.8 Å². The molecule has 0 atom stereocenters. The van der Waals surface area contributed by atoms with E-state index < -0.39 is 5.82 Å². The van der Waals surface area contributed by atoms with E-state index in [1.165, 1.54) is 29.1 Å². The van der Waals surface area contributed by atoms with Gasteiger partial charge < -0.3 is 10.2 Å². The molecule has 0 saturated carbocycles. The zero-order chi connectivity index (χ0) is 23.5. The van der Waals surface area contributed by atoms with Gasteiger partial charge in [0.15, 0.2) is 0 Å². The maximum absolute atomic E-state index is 14.2. The van der Waals surface area contributed by atoms with Crippen LogP contribution in [0.5, 0.6) is 0 Å². The lowest BCUT2D eigenvalue weighted by atomic mass is 10.0. The molecule has 0 spiro atoms. The molecule has 1 amide bonds. The first-order valence-corrected chi connectivity index (χ1v) is 10.9. The zero-order valence-corrected chi connectivity index (χ0v) is 18.1. The number of nitrogens with zero attached hydrogens (tertiary/aromatic N) is 6. The largest absolute Gasteiger partial charge is 0.349 e. The molecule has 4 aromatic rings. The fourth-order valence-corrected chi connectivity index (χ4v) is 4.00. The monoisotopic (exact) mass is 461 g/mol. The van der Waals surface area contributed by atoms with E-state index in [-0.39, 0.29) is 23.5 Å². The van der Waals surface area contributed by atoms with Crippen LogP contribution in [0, 0.1) is 11.6 Å². The van der Waals surface area contributed by atoms with Gasteiger partial charge in [0.2, 0.25) is 5.95 Å². The predicted molar refractivity (Wildman–Crippen MR) is 121 cm³/mol. The Morgan fingerprint density at radius 3 is 2.56 bits per heavy atom. The fourth-order valence-electron chi connectivity index (χ4n) is 4.00. The summed E-state index contributed by atoms with van der Waals surface area (Å²) in [4.78, 5) is 19.0. The number of nitrogens with one attached hydrogen (secondary N) is 1. The van der Waals surface area contributed by atoms with Crippen LogP contribution in [0.15, 0.2) is 66.9 Å². The Morgan fingerprint density at radius 1 is 1.00 bits per heavy atom. The molecule has 2 aromatic carbocycles. The number of carbonyl (C=O) groups excluding carboxylic acids is 1. The molecule has 1 saturated heterocycles. The second-order valence-electron chi connectivity index (χ2n) is 8.02. The third-order valence-electron chi connectivity index (χ3n) is 5.79. The van der Waals surface area contributed by atoms with Gasteiger partial charge in [0.1, 0.15) is 17.3 Å². The molecule has 0 bridgehead atoms. The van der Waals surface area contributed by atoms with E-state index in [0.717, 1.165) is 0 Å². The quantitative estimate of drug-likeness (QED) is 0.490. The highest BCUT2D eigenvalue weighted by Gasteiger charge is 2.25.